The van der Waals surface area contributed by atoms with E-state index in [0.717, 1.165) is 0 Å². The average molecular weight is 994 g/mol. The number of nitrogens with one attached hydrogen (secondary N) is 8. The third kappa shape index (κ3) is 20.5. The van der Waals surface area contributed by atoms with Crippen molar-refractivity contribution in [2.45, 2.75) is 188 Å². The molecule has 0 aromatic carbocycles. The summed E-state index contributed by atoms with van der Waals surface area (Å²) in [6.07, 6.45) is 0.813. The van der Waals surface area contributed by atoms with Crippen molar-refractivity contribution in [1.29, 1.82) is 0 Å². The Morgan fingerprint density at radius 3 is 1.60 bits per heavy atom. The van der Waals surface area contributed by atoms with Crippen LogP contribution >= 0.6 is 0 Å². The quantitative estimate of drug-likeness (QED) is 0.0199. The number of aliphatic imine (C=N–C) groups is 1. The van der Waals surface area contributed by atoms with Crippen LogP contribution in [0.15, 0.2) is 4.99 Å². The molecule has 0 aliphatic carbocycles. The van der Waals surface area contributed by atoms with Gasteiger partial charge in [0, 0.05) is 33.0 Å². The number of likely N-dealkylation sites (tertiary alicyclic amines) is 1. The van der Waals surface area contributed by atoms with E-state index in [1.54, 1.807) is 48.5 Å². The molecule has 0 saturated carbocycles. The molecule has 24 nitrogen and oxygen atoms in total. The number of amides is 10. The summed E-state index contributed by atoms with van der Waals surface area (Å²) in [6.45, 7) is 17.1. The molecule has 0 bridgehead atoms. The van der Waals surface area contributed by atoms with Crippen molar-refractivity contribution >= 4 is 65.0 Å². The van der Waals surface area contributed by atoms with Gasteiger partial charge in [-0.05, 0) is 70.1 Å². The number of hydrogen-bond donors (Lipinski definition) is 12. The second-order valence-electron chi connectivity index (χ2n) is 18.4. The molecule has 1 rings (SSSR count). The van der Waals surface area contributed by atoms with Gasteiger partial charge in [0.2, 0.25) is 59.1 Å². The largest absolute Gasteiger partial charge is 0.391 e. The zero-order valence-corrected chi connectivity index (χ0v) is 42.8. The number of likely N-dealkylation sites (N-methyl/N-ethyl adjacent to an activating group) is 1. The lowest BCUT2D eigenvalue weighted by Crippen LogP contribution is -2.63. The van der Waals surface area contributed by atoms with E-state index in [1.165, 1.54) is 18.7 Å². The Labute approximate surface area is 412 Å². The van der Waals surface area contributed by atoms with Crippen molar-refractivity contribution in [3.63, 3.8) is 0 Å². The topological polar surface area (TPSA) is 381 Å². The van der Waals surface area contributed by atoms with Crippen molar-refractivity contribution in [3.8, 4) is 0 Å². The molecule has 1 saturated heterocycles. The normalized spacial score (nSPS) is 17.6. The van der Waals surface area contributed by atoms with Crippen molar-refractivity contribution in [3.05, 3.63) is 0 Å². The monoisotopic (exact) mass is 994 g/mol. The maximum Gasteiger partial charge on any atom is 0.245 e. The molecule has 1 heterocycles. The van der Waals surface area contributed by atoms with Gasteiger partial charge in [-0.15, -0.1) is 0 Å². The zero-order chi connectivity index (χ0) is 53.4. The summed E-state index contributed by atoms with van der Waals surface area (Å²) in [5, 5.41) is 32.0. The van der Waals surface area contributed by atoms with Crippen molar-refractivity contribution < 1.29 is 53.1 Å². The number of carbonyl (C=O) groups excluding carboxylic acids is 10. The molecule has 10 amide bonds. The van der Waals surface area contributed by atoms with Gasteiger partial charge < -0.3 is 69.7 Å². The van der Waals surface area contributed by atoms with Crippen LogP contribution in [0.2, 0.25) is 0 Å². The number of aliphatic hydroxyl groups is 1. The molecule has 398 valence electrons. The number of carbonyl (C=O) groups is 10. The maximum absolute atomic E-state index is 14.2. The minimum Gasteiger partial charge on any atom is -0.391 e. The number of hydrogen-bond acceptors (Lipinski definition) is 12. The summed E-state index contributed by atoms with van der Waals surface area (Å²) in [5.41, 5.74) is 16.2. The van der Waals surface area contributed by atoms with E-state index in [4.69, 9.17) is 17.2 Å². The molecule has 0 unspecified atom stereocenters. The van der Waals surface area contributed by atoms with E-state index in [0.29, 0.717) is 51.6 Å². The van der Waals surface area contributed by atoms with Gasteiger partial charge >= 0.3 is 0 Å². The van der Waals surface area contributed by atoms with Crippen LogP contribution in [-0.2, 0) is 47.9 Å². The lowest BCUT2D eigenvalue weighted by Gasteiger charge is -2.32. The third-order valence-corrected chi connectivity index (χ3v) is 12.2. The van der Waals surface area contributed by atoms with E-state index in [1.807, 2.05) is 6.92 Å². The Balaban J connectivity index is 3.38. The number of aliphatic hydroxyl groups excluding tert-OH is 1. The molecule has 0 spiro atoms. The molecule has 15 N–H and O–H groups in total. The standard InChI is InChI=1S/C46H83N13O11/c1-11-17-29(38(63)56-35(25(7)12-2)42(67)54-31(18-15-22-51-46(48)49)45(70)59-23-16-19-32(59)40(65)50-14-4)53-44(69)37(27(9)60)58-43(68)36(26(8)13-3)57-41(66)34(24(5)6)55-39(64)30(52-28(10)61)20-21-33(47)62/h24-27,29-32,34-37,60H,11-23H2,1-10H3,(H2,47,62)(H,50,65)(H,52,61)(H,53,69)(H,54,67)(H,55,64)(H,56,63)(H,57,66)(H,58,68)(H4,48,49,51)/t25-,26-,27+,29-,30-,31-,32-,34-,35-,36+,37-/m0/s1. The Kier molecular flexibility index (Phi) is 27.6. The highest BCUT2D eigenvalue weighted by atomic mass is 16.3. The first kappa shape index (κ1) is 61.9. The van der Waals surface area contributed by atoms with E-state index in [9.17, 15) is 53.1 Å². The van der Waals surface area contributed by atoms with Crippen LogP contribution in [0.3, 0.4) is 0 Å². The molecule has 0 aromatic rings. The first-order valence-corrected chi connectivity index (χ1v) is 24.5. The maximum atomic E-state index is 14.2. The second-order valence-corrected chi connectivity index (χ2v) is 18.4. The highest BCUT2D eigenvalue weighted by Gasteiger charge is 2.40. The number of rotatable bonds is 31. The predicted octanol–water partition coefficient (Wildman–Crippen LogP) is -2.22. The van der Waals surface area contributed by atoms with Gasteiger partial charge in [-0.3, -0.25) is 52.9 Å². The predicted molar refractivity (Wildman–Crippen MR) is 261 cm³/mol. The third-order valence-electron chi connectivity index (χ3n) is 12.2. The number of nitrogens with two attached hydrogens (primary N) is 3. The molecule has 0 radical (unpaired) electrons. The molecule has 1 aliphatic rings. The van der Waals surface area contributed by atoms with Gasteiger partial charge in [0.15, 0.2) is 5.96 Å². The molecule has 1 fully saturated rings. The van der Waals surface area contributed by atoms with E-state index in [-0.39, 0.29) is 44.1 Å². The van der Waals surface area contributed by atoms with E-state index in [2.05, 4.69) is 47.5 Å². The van der Waals surface area contributed by atoms with Crippen LogP contribution in [0.25, 0.3) is 0 Å². The Morgan fingerprint density at radius 2 is 1.11 bits per heavy atom. The molecule has 24 heteroatoms. The first-order chi connectivity index (χ1) is 32.8. The van der Waals surface area contributed by atoms with E-state index >= 15 is 0 Å². The first-order valence-electron chi connectivity index (χ1n) is 24.5. The molecule has 70 heavy (non-hydrogen) atoms. The lowest BCUT2D eigenvalue weighted by molar-refractivity contribution is -0.142. The lowest BCUT2D eigenvalue weighted by atomic mass is 9.95. The average Bonchev–Trinajstić information content (AvgIpc) is 3.79. The highest BCUT2D eigenvalue weighted by Crippen LogP contribution is 2.21. The summed E-state index contributed by atoms with van der Waals surface area (Å²) >= 11 is 0. The Hall–Kier alpha value is -6.07. The number of guanidine groups is 1. The fraction of sp³-hybridized carbons (Fsp3) is 0.761. The van der Waals surface area contributed by atoms with E-state index < -0.39 is 125 Å². The minimum atomic E-state index is -1.64. The molecular weight excluding hydrogens is 911 g/mol. The molecule has 0 aromatic heterocycles. The fourth-order valence-corrected chi connectivity index (χ4v) is 7.78. The van der Waals surface area contributed by atoms with Gasteiger partial charge in [0.25, 0.3) is 0 Å². The van der Waals surface area contributed by atoms with Crippen LogP contribution in [0.5, 0.6) is 0 Å². The van der Waals surface area contributed by atoms with Gasteiger partial charge in [0.05, 0.1) is 6.10 Å². The molecular formula is C46H83N13O11. The Morgan fingerprint density at radius 1 is 0.629 bits per heavy atom. The number of primary amides is 1. The second kappa shape index (κ2) is 31.2. The smallest absolute Gasteiger partial charge is 0.245 e. The van der Waals surface area contributed by atoms with Crippen molar-refractivity contribution in [1.82, 2.24) is 47.4 Å². The van der Waals surface area contributed by atoms with Gasteiger partial charge in [-0.1, -0.05) is 67.7 Å². The van der Waals surface area contributed by atoms with Crippen LogP contribution in [-0.4, -0.2) is 149 Å². The minimum absolute atomic E-state index is 0.0775. The fourth-order valence-electron chi connectivity index (χ4n) is 7.78. The summed E-state index contributed by atoms with van der Waals surface area (Å²) in [7, 11) is 0. The summed E-state index contributed by atoms with van der Waals surface area (Å²) < 4.78 is 0. The summed E-state index contributed by atoms with van der Waals surface area (Å²) in [4.78, 5) is 139. The summed E-state index contributed by atoms with van der Waals surface area (Å²) in [6, 6.07) is -9.63. The van der Waals surface area contributed by atoms with Crippen LogP contribution < -0.4 is 59.7 Å². The van der Waals surface area contributed by atoms with Crippen LogP contribution in [0.4, 0.5) is 0 Å². The SMILES string of the molecule is CCC[C@H](NC(=O)[C@@H](NC(=O)[C@H](NC(=O)[C@@H](NC(=O)[C@H](CCC(N)=O)NC(C)=O)C(C)C)[C@@H](C)CC)[C@@H](C)O)C(=O)N[C@H](C(=O)N[C@@H](CCCN=C(N)N)C(=O)N1CCC[C@H]1C(=O)NCC)[C@@H](C)CC. The summed E-state index contributed by atoms with van der Waals surface area (Å²) in [5.74, 6) is -8.48. The highest BCUT2D eigenvalue weighted by molar-refractivity contribution is 5.98. The molecule has 1 aliphatic heterocycles. The van der Waals surface area contributed by atoms with Gasteiger partial charge in [-0.2, -0.15) is 0 Å². The molecule has 11 atom stereocenters. The zero-order valence-electron chi connectivity index (χ0n) is 42.8. The van der Waals surface area contributed by atoms with Crippen molar-refractivity contribution in [2.24, 2.45) is 39.9 Å². The van der Waals surface area contributed by atoms with Crippen LogP contribution in [0, 0.1) is 17.8 Å². The van der Waals surface area contributed by atoms with Crippen LogP contribution in [0.1, 0.15) is 133 Å². The van der Waals surface area contributed by atoms with Gasteiger partial charge in [0.1, 0.15) is 48.3 Å². The Bertz CT molecular complexity index is 1830. The number of nitrogens with zero attached hydrogens (tertiary/aromatic N) is 2. The van der Waals surface area contributed by atoms with Gasteiger partial charge in [-0.25, -0.2) is 0 Å². The van der Waals surface area contributed by atoms with Crippen molar-refractivity contribution in [2.75, 3.05) is 19.6 Å².